The number of aliphatic hydroxyl groups is 4. The molecule has 1 aliphatic rings. The van der Waals surface area contributed by atoms with Gasteiger partial charge < -0.3 is 34.5 Å². The molecule has 0 bridgehead atoms. The molecular weight excluding hydrogens is 360 g/mol. The molecule has 5 N–H and O–H groups in total. The van der Waals surface area contributed by atoms with Crippen molar-refractivity contribution < 1.29 is 29.9 Å². The quantitative estimate of drug-likeness (QED) is 0.311. The molecule has 1 fully saturated rings. The lowest BCUT2D eigenvalue weighted by Crippen LogP contribution is -2.59. The van der Waals surface area contributed by atoms with Crippen molar-refractivity contribution in [3.8, 4) is 0 Å². The fourth-order valence-electron chi connectivity index (χ4n) is 2.93. The van der Waals surface area contributed by atoms with Crippen LogP contribution in [0.1, 0.15) is 31.2 Å². The van der Waals surface area contributed by atoms with Gasteiger partial charge in [-0.1, -0.05) is 12.8 Å². The summed E-state index contributed by atoms with van der Waals surface area (Å²) in [5.41, 5.74) is -0.305. The summed E-state index contributed by atoms with van der Waals surface area (Å²) >= 11 is 0. The first-order valence-electron chi connectivity index (χ1n) is 9.07. The number of ether oxygens (including phenoxy) is 2. The summed E-state index contributed by atoms with van der Waals surface area (Å²) in [4.78, 5) is 25.2. The maximum atomic E-state index is 11.7. The molecule has 154 valence electrons. The van der Waals surface area contributed by atoms with Crippen LogP contribution in [-0.2, 0) is 16.0 Å². The van der Waals surface area contributed by atoms with Crippen LogP contribution in [0, 0.1) is 6.92 Å². The van der Waals surface area contributed by atoms with Crippen LogP contribution >= 0.6 is 0 Å². The molecule has 27 heavy (non-hydrogen) atoms. The number of aliphatic hydroxyl groups excluding tert-OH is 4. The van der Waals surface area contributed by atoms with Gasteiger partial charge in [0.2, 0.25) is 0 Å². The molecule has 1 aliphatic heterocycles. The van der Waals surface area contributed by atoms with E-state index in [4.69, 9.17) is 14.6 Å². The van der Waals surface area contributed by atoms with Gasteiger partial charge in [-0.05, 0) is 19.8 Å². The van der Waals surface area contributed by atoms with Crippen LogP contribution in [0.2, 0.25) is 0 Å². The SMILES string of the molecule is Cc1cn(CCCCCCO[C@@H]2O[C@H](CO)[C@H](O)[C@H](O)[C@H]2O)c(=O)[nH]c1=O. The second-order valence-electron chi connectivity index (χ2n) is 6.75. The van der Waals surface area contributed by atoms with Crippen molar-refractivity contribution in [1.29, 1.82) is 0 Å². The molecule has 0 saturated carbocycles. The highest BCUT2D eigenvalue weighted by atomic mass is 16.7. The monoisotopic (exact) mass is 388 g/mol. The van der Waals surface area contributed by atoms with Crippen molar-refractivity contribution in [2.75, 3.05) is 13.2 Å². The fourth-order valence-corrected chi connectivity index (χ4v) is 2.93. The van der Waals surface area contributed by atoms with Crippen LogP contribution in [0.15, 0.2) is 15.8 Å². The second-order valence-corrected chi connectivity index (χ2v) is 6.75. The van der Waals surface area contributed by atoms with Crippen LogP contribution in [0.4, 0.5) is 0 Å². The Morgan fingerprint density at radius 2 is 1.81 bits per heavy atom. The largest absolute Gasteiger partial charge is 0.394 e. The predicted molar refractivity (Wildman–Crippen MR) is 94.2 cm³/mol. The van der Waals surface area contributed by atoms with Gasteiger partial charge in [-0.25, -0.2) is 4.79 Å². The van der Waals surface area contributed by atoms with Crippen molar-refractivity contribution >= 4 is 0 Å². The highest BCUT2D eigenvalue weighted by molar-refractivity contribution is 5.00. The summed E-state index contributed by atoms with van der Waals surface area (Å²) in [6, 6.07) is 0. The lowest BCUT2D eigenvalue weighted by molar-refractivity contribution is -0.301. The number of hydrogen-bond acceptors (Lipinski definition) is 8. The van der Waals surface area contributed by atoms with Crippen LogP contribution < -0.4 is 11.2 Å². The lowest BCUT2D eigenvalue weighted by Gasteiger charge is -2.39. The zero-order valence-corrected chi connectivity index (χ0v) is 15.3. The van der Waals surface area contributed by atoms with Crippen LogP contribution in [0.3, 0.4) is 0 Å². The first-order valence-corrected chi connectivity index (χ1v) is 9.07. The van der Waals surface area contributed by atoms with E-state index in [-0.39, 0.29) is 12.2 Å². The van der Waals surface area contributed by atoms with Crippen LogP contribution in [-0.4, -0.2) is 73.9 Å². The number of H-pyrrole nitrogens is 1. The van der Waals surface area contributed by atoms with E-state index < -0.39 is 43.0 Å². The van der Waals surface area contributed by atoms with E-state index in [2.05, 4.69) is 4.98 Å². The maximum Gasteiger partial charge on any atom is 0.328 e. The van der Waals surface area contributed by atoms with Gasteiger partial charge >= 0.3 is 5.69 Å². The number of hydrogen-bond donors (Lipinski definition) is 5. The van der Waals surface area contributed by atoms with Gasteiger partial charge in [0.25, 0.3) is 5.56 Å². The Balaban J connectivity index is 1.65. The summed E-state index contributed by atoms with van der Waals surface area (Å²) in [7, 11) is 0. The van der Waals surface area contributed by atoms with Crippen molar-refractivity contribution in [3.63, 3.8) is 0 Å². The Bertz CT molecular complexity index is 701. The normalized spacial score (nSPS) is 28.4. The van der Waals surface area contributed by atoms with Gasteiger partial charge in [0.15, 0.2) is 6.29 Å². The number of rotatable bonds is 9. The molecule has 0 spiro atoms. The van der Waals surface area contributed by atoms with Crippen molar-refractivity contribution in [3.05, 3.63) is 32.6 Å². The minimum absolute atomic E-state index is 0.278. The Kier molecular flexibility index (Phi) is 8.14. The van der Waals surface area contributed by atoms with Gasteiger partial charge in [-0.3, -0.25) is 9.78 Å². The molecule has 1 saturated heterocycles. The third kappa shape index (κ3) is 5.71. The van der Waals surface area contributed by atoms with Crippen LogP contribution in [0.5, 0.6) is 0 Å². The smallest absolute Gasteiger partial charge is 0.328 e. The fraction of sp³-hybridized carbons (Fsp3) is 0.765. The second kappa shape index (κ2) is 10.1. The summed E-state index contributed by atoms with van der Waals surface area (Å²) in [6.07, 6.45) is -1.70. The first kappa shape index (κ1) is 21.7. The topological polar surface area (TPSA) is 154 Å². The van der Waals surface area contributed by atoms with Gasteiger partial charge in [-0.2, -0.15) is 0 Å². The molecule has 10 heteroatoms. The summed E-state index contributed by atoms with van der Waals surface area (Å²) in [6.45, 7) is 1.93. The number of nitrogens with zero attached hydrogens (tertiary/aromatic N) is 1. The highest BCUT2D eigenvalue weighted by Gasteiger charge is 2.43. The number of aromatic nitrogens is 2. The van der Waals surface area contributed by atoms with Gasteiger partial charge in [0, 0.05) is 24.9 Å². The molecule has 0 aromatic carbocycles. The standard InChI is InChI=1S/C17H28N2O8/c1-10-8-19(17(25)18-15(10)24)6-4-2-3-5-7-26-16-14(23)13(22)12(21)11(9-20)27-16/h8,11-14,16,20-23H,2-7,9H2,1H3,(H,18,24,25)/t11-,12+,13+,14-,16-/m1/s1. The minimum Gasteiger partial charge on any atom is -0.394 e. The average Bonchev–Trinajstić information content (AvgIpc) is 2.64. The van der Waals surface area contributed by atoms with E-state index >= 15 is 0 Å². The molecule has 0 aliphatic carbocycles. The molecular formula is C17H28N2O8. The maximum absolute atomic E-state index is 11.7. The van der Waals surface area contributed by atoms with E-state index in [1.165, 1.54) is 4.57 Å². The third-order valence-electron chi connectivity index (χ3n) is 4.61. The van der Waals surface area contributed by atoms with E-state index in [0.29, 0.717) is 18.5 Å². The first-order chi connectivity index (χ1) is 12.8. The van der Waals surface area contributed by atoms with Gasteiger partial charge in [-0.15, -0.1) is 0 Å². The molecule has 10 nitrogen and oxygen atoms in total. The van der Waals surface area contributed by atoms with Crippen LogP contribution in [0.25, 0.3) is 0 Å². The molecule has 0 amide bonds. The molecule has 5 atom stereocenters. The molecule has 2 rings (SSSR count). The summed E-state index contributed by atoms with van der Waals surface area (Å²) < 4.78 is 12.1. The number of unbranched alkanes of at least 4 members (excludes halogenated alkanes) is 3. The van der Waals surface area contributed by atoms with Crippen molar-refractivity contribution in [2.45, 2.75) is 69.9 Å². The zero-order valence-electron chi connectivity index (χ0n) is 15.3. The Morgan fingerprint density at radius 1 is 1.11 bits per heavy atom. The molecule has 1 aromatic heterocycles. The molecule has 1 aromatic rings. The Labute approximate surface area is 156 Å². The number of aromatic amines is 1. The van der Waals surface area contributed by atoms with E-state index in [1.807, 2.05) is 0 Å². The Hall–Kier alpha value is -1.56. The molecule has 2 heterocycles. The Morgan fingerprint density at radius 3 is 2.52 bits per heavy atom. The number of nitrogens with one attached hydrogen (secondary N) is 1. The number of aryl methyl sites for hydroxylation is 2. The van der Waals surface area contributed by atoms with Crippen molar-refractivity contribution in [1.82, 2.24) is 9.55 Å². The third-order valence-corrected chi connectivity index (χ3v) is 4.61. The summed E-state index contributed by atoms with van der Waals surface area (Å²) in [5, 5.41) is 38.4. The van der Waals surface area contributed by atoms with Gasteiger partial charge in [0.05, 0.1) is 6.61 Å². The summed E-state index contributed by atoms with van der Waals surface area (Å²) in [5.74, 6) is 0. The lowest BCUT2D eigenvalue weighted by atomic mass is 9.99. The van der Waals surface area contributed by atoms with Gasteiger partial charge in [0.1, 0.15) is 24.4 Å². The van der Waals surface area contributed by atoms with E-state index in [1.54, 1.807) is 13.1 Å². The molecule has 0 radical (unpaired) electrons. The zero-order chi connectivity index (χ0) is 20.0. The van der Waals surface area contributed by atoms with E-state index in [0.717, 1.165) is 19.3 Å². The highest BCUT2D eigenvalue weighted by Crippen LogP contribution is 2.22. The minimum atomic E-state index is -1.44. The molecule has 0 unspecified atom stereocenters. The van der Waals surface area contributed by atoms with Crippen molar-refractivity contribution in [2.24, 2.45) is 0 Å². The van der Waals surface area contributed by atoms with E-state index in [9.17, 15) is 24.9 Å². The average molecular weight is 388 g/mol. The predicted octanol–water partition coefficient (Wildman–Crippen LogP) is -1.78.